The lowest BCUT2D eigenvalue weighted by molar-refractivity contribution is 0.0462. The third kappa shape index (κ3) is 3.13. The molecule has 0 amide bonds. The SMILES string of the molecule is Nc1nc(COC(=O)c2cc(O)cc(O)c2)nc2ccccc12. The monoisotopic (exact) mass is 311 g/mol. The zero-order chi connectivity index (χ0) is 16.4. The molecule has 0 fully saturated rings. The number of nitrogens with zero attached hydrogens (tertiary/aromatic N) is 2. The minimum atomic E-state index is -0.716. The number of hydrogen-bond acceptors (Lipinski definition) is 7. The fourth-order valence-corrected chi connectivity index (χ4v) is 2.14. The van der Waals surface area contributed by atoms with E-state index in [9.17, 15) is 15.0 Å². The number of rotatable bonds is 3. The van der Waals surface area contributed by atoms with Gasteiger partial charge in [-0.25, -0.2) is 14.8 Å². The van der Waals surface area contributed by atoms with Gasteiger partial charge >= 0.3 is 5.97 Å². The molecule has 1 aromatic heterocycles. The molecular weight excluding hydrogens is 298 g/mol. The fraction of sp³-hybridized carbons (Fsp3) is 0.0625. The molecule has 23 heavy (non-hydrogen) atoms. The summed E-state index contributed by atoms with van der Waals surface area (Å²) in [6.45, 7) is -0.176. The molecule has 0 spiro atoms. The second-order valence-electron chi connectivity index (χ2n) is 4.86. The van der Waals surface area contributed by atoms with Gasteiger partial charge < -0.3 is 20.7 Å². The van der Waals surface area contributed by atoms with Gasteiger partial charge in [0.1, 0.15) is 17.3 Å². The van der Waals surface area contributed by atoms with Crippen molar-refractivity contribution in [3.05, 3.63) is 53.9 Å². The maximum atomic E-state index is 11.9. The Labute approximate surface area is 131 Å². The molecule has 3 aromatic rings. The summed E-state index contributed by atoms with van der Waals surface area (Å²) >= 11 is 0. The Morgan fingerprint density at radius 2 is 1.78 bits per heavy atom. The third-order valence-electron chi connectivity index (χ3n) is 3.15. The van der Waals surface area contributed by atoms with Crippen LogP contribution in [0.15, 0.2) is 42.5 Å². The van der Waals surface area contributed by atoms with E-state index in [1.54, 1.807) is 12.1 Å². The average Bonchev–Trinajstić information content (AvgIpc) is 2.52. The van der Waals surface area contributed by atoms with E-state index in [4.69, 9.17) is 10.5 Å². The molecule has 0 radical (unpaired) electrons. The Hall–Kier alpha value is -3.35. The number of benzene rings is 2. The van der Waals surface area contributed by atoms with Gasteiger partial charge in [-0.1, -0.05) is 12.1 Å². The molecule has 116 valence electrons. The van der Waals surface area contributed by atoms with Crippen LogP contribution in [0.3, 0.4) is 0 Å². The summed E-state index contributed by atoms with van der Waals surface area (Å²) in [6.07, 6.45) is 0. The van der Waals surface area contributed by atoms with Crippen LogP contribution in [0.4, 0.5) is 5.82 Å². The van der Waals surface area contributed by atoms with E-state index in [1.807, 2.05) is 12.1 Å². The number of phenols is 2. The average molecular weight is 311 g/mol. The summed E-state index contributed by atoms with van der Waals surface area (Å²) in [6, 6.07) is 10.7. The van der Waals surface area contributed by atoms with E-state index in [0.29, 0.717) is 11.3 Å². The number of hydrogen-bond donors (Lipinski definition) is 3. The number of anilines is 1. The number of ether oxygens (including phenoxy) is 1. The van der Waals surface area contributed by atoms with Gasteiger partial charge in [0.05, 0.1) is 11.1 Å². The van der Waals surface area contributed by atoms with E-state index >= 15 is 0 Å². The number of para-hydroxylation sites is 1. The van der Waals surface area contributed by atoms with E-state index in [1.165, 1.54) is 12.1 Å². The van der Waals surface area contributed by atoms with Gasteiger partial charge in [-0.05, 0) is 24.3 Å². The summed E-state index contributed by atoms with van der Waals surface area (Å²) in [7, 11) is 0. The molecule has 0 aliphatic carbocycles. The Bertz CT molecular complexity index is 875. The Kier molecular flexibility index (Phi) is 3.68. The highest BCUT2D eigenvalue weighted by Crippen LogP contribution is 2.21. The number of fused-ring (bicyclic) bond motifs is 1. The highest BCUT2D eigenvalue weighted by atomic mass is 16.5. The highest BCUT2D eigenvalue weighted by molar-refractivity contribution is 5.90. The van der Waals surface area contributed by atoms with Gasteiger partial charge in [0.2, 0.25) is 0 Å². The lowest BCUT2D eigenvalue weighted by Crippen LogP contribution is -2.08. The van der Waals surface area contributed by atoms with Crippen molar-refractivity contribution in [2.24, 2.45) is 0 Å². The zero-order valence-electron chi connectivity index (χ0n) is 11.9. The normalized spacial score (nSPS) is 10.6. The Morgan fingerprint density at radius 3 is 2.52 bits per heavy atom. The third-order valence-corrected chi connectivity index (χ3v) is 3.15. The molecule has 4 N–H and O–H groups in total. The molecule has 7 heteroatoms. The molecule has 0 unspecified atom stereocenters. The summed E-state index contributed by atoms with van der Waals surface area (Å²) in [5.74, 6) is -0.617. The van der Waals surface area contributed by atoms with Crippen molar-refractivity contribution >= 4 is 22.7 Å². The van der Waals surface area contributed by atoms with Crippen LogP contribution >= 0.6 is 0 Å². The number of nitrogens with two attached hydrogens (primary N) is 1. The van der Waals surface area contributed by atoms with Gasteiger partial charge in [0.25, 0.3) is 0 Å². The second-order valence-corrected chi connectivity index (χ2v) is 4.86. The van der Waals surface area contributed by atoms with Crippen LogP contribution < -0.4 is 5.73 Å². The van der Waals surface area contributed by atoms with Gasteiger partial charge in [0.15, 0.2) is 12.4 Å². The maximum Gasteiger partial charge on any atom is 0.338 e. The largest absolute Gasteiger partial charge is 0.508 e. The number of carbonyl (C=O) groups excluding carboxylic acids is 1. The smallest absolute Gasteiger partial charge is 0.338 e. The van der Waals surface area contributed by atoms with Crippen LogP contribution in [0.5, 0.6) is 11.5 Å². The number of aromatic hydroxyl groups is 2. The molecule has 1 heterocycles. The van der Waals surface area contributed by atoms with Crippen LogP contribution in [-0.2, 0) is 11.3 Å². The first kappa shape index (κ1) is 14.6. The van der Waals surface area contributed by atoms with E-state index in [2.05, 4.69) is 9.97 Å². The van der Waals surface area contributed by atoms with Crippen molar-refractivity contribution < 1.29 is 19.7 Å². The van der Waals surface area contributed by atoms with Gasteiger partial charge in [-0.2, -0.15) is 0 Å². The quantitative estimate of drug-likeness (QED) is 0.633. The number of phenolic OH excluding ortho intramolecular Hbond substituents is 2. The summed E-state index contributed by atoms with van der Waals surface area (Å²) < 4.78 is 5.09. The molecule has 3 rings (SSSR count). The van der Waals surface area contributed by atoms with Crippen molar-refractivity contribution in [3.63, 3.8) is 0 Å². The van der Waals surface area contributed by atoms with Gasteiger partial charge in [-0.3, -0.25) is 0 Å². The Balaban J connectivity index is 1.79. The number of aromatic nitrogens is 2. The van der Waals surface area contributed by atoms with Crippen molar-refractivity contribution in [1.82, 2.24) is 9.97 Å². The first-order valence-electron chi connectivity index (χ1n) is 6.74. The first-order chi connectivity index (χ1) is 11.0. The van der Waals surface area contributed by atoms with E-state index < -0.39 is 5.97 Å². The molecule has 0 aliphatic heterocycles. The van der Waals surface area contributed by atoms with Gasteiger partial charge in [0, 0.05) is 11.5 Å². The minimum Gasteiger partial charge on any atom is -0.508 e. The van der Waals surface area contributed by atoms with Crippen LogP contribution in [0.2, 0.25) is 0 Å². The van der Waals surface area contributed by atoms with Crippen molar-refractivity contribution in [1.29, 1.82) is 0 Å². The number of esters is 1. The van der Waals surface area contributed by atoms with Crippen molar-refractivity contribution in [2.45, 2.75) is 6.61 Å². The van der Waals surface area contributed by atoms with Crippen molar-refractivity contribution in [3.8, 4) is 11.5 Å². The lowest BCUT2D eigenvalue weighted by atomic mass is 10.2. The van der Waals surface area contributed by atoms with Crippen LogP contribution in [-0.4, -0.2) is 26.2 Å². The lowest BCUT2D eigenvalue weighted by Gasteiger charge is -2.07. The highest BCUT2D eigenvalue weighted by Gasteiger charge is 2.12. The molecule has 0 saturated heterocycles. The summed E-state index contributed by atoms with van der Waals surface area (Å²) in [5.41, 5.74) is 6.53. The maximum absolute atomic E-state index is 11.9. The molecule has 7 nitrogen and oxygen atoms in total. The zero-order valence-corrected chi connectivity index (χ0v) is 11.9. The van der Waals surface area contributed by atoms with E-state index in [0.717, 1.165) is 11.5 Å². The predicted molar refractivity (Wildman–Crippen MR) is 82.8 cm³/mol. The summed E-state index contributed by atoms with van der Waals surface area (Å²) in [4.78, 5) is 20.3. The fourth-order valence-electron chi connectivity index (χ4n) is 2.14. The number of nitrogen functional groups attached to an aromatic ring is 1. The predicted octanol–water partition coefficient (Wildman–Crippen LogP) is 1.98. The second kappa shape index (κ2) is 5.80. The van der Waals surface area contributed by atoms with Crippen LogP contribution in [0, 0.1) is 0 Å². The topological polar surface area (TPSA) is 119 Å². The molecule has 0 aliphatic rings. The standard InChI is InChI=1S/C16H13N3O4/c17-15-12-3-1-2-4-13(12)18-14(19-15)8-23-16(22)9-5-10(20)7-11(21)6-9/h1-7,20-21H,8H2,(H2,17,18,19). The molecule has 2 aromatic carbocycles. The van der Waals surface area contributed by atoms with Crippen LogP contribution in [0.1, 0.15) is 16.2 Å². The van der Waals surface area contributed by atoms with Gasteiger partial charge in [-0.15, -0.1) is 0 Å². The molecule has 0 saturated carbocycles. The first-order valence-corrected chi connectivity index (χ1v) is 6.74. The Morgan fingerprint density at radius 1 is 1.09 bits per heavy atom. The van der Waals surface area contributed by atoms with Crippen LogP contribution in [0.25, 0.3) is 10.9 Å². The summed E-state index contributed by atoms with van der Waals surface area (Å²) in [5, 5.41) is 19.5. The van der Waals surface area contributed by atoms with Crippen molar-refractivity contribution in [2.75, 3.05) is 5.73 Å². The molecular formula is C16H13N3O4. The minimum absolute atomic E-state index is 0.0243. The molecule has 0 atom stereocenters. The van der Waals surface area contributed by atoms with E-state index in [-0.39, 0.29) is 29.5 Å². The number of carbonyl (C=O) groups is 1. The molecule has 0 bridgehead atoms.